The summed E-state index contributed by atoms with van der Waals surface area (Å²) in [5.74, 6) is 0.958. The molecule has 2 aromatic rings. The highest BCUT2D eigenvalue weighted by molar-refractivity contribution is 5.97. The molecule has 3 heteroatoms. The maximum absolute atomic E-state index is 12.2. The lowest BCUT2D eigenvalue weighted by atomic mass is 10.0. The Kier molecular flexibility index (Phi) is 3.60. The smallest absolute Gasteiger partial charge is 0.170 e. The fraction of sp³-hybridized carbons (Fsp3) is 0.333. The number of rotatable bonds is 4. The van der Waals surface area contributed by atoms with E-state index in [2.05, 4.69) is 4.98 Å². The minimum absolute atomic E-state index is 0.124. The van der Waals surface area contributed by atoms with Crippen LogP contribution in [0.2, 0.25) is 0 Å². The number of aromatic nitrogens is 2. The molecule has 0 radical (unpaired) electrons. The Morgan fingerprint density at radius 3 is 2.72 bits per heavy atom. The van der Waals surface area contributed by atoms with E-state index in [1.54, 1.807) is 6.20 Å². The molecule has 0 unspecified atom stereocenters. The minimum atomic E-state index is 0.124. The lowest BCUT2D eigenvalue weighted by molar-refractivity contribution is 0.0989. The van der Waals surface area contributed by atoms with Crippen molar-refractivity contribution in [1.82, 2.24) is 9.55 Å². The fourth-order valence-corrected chi connectivity index (χ4v) is 1.96. The van der Waals surface area contributed by atoms with Crippen LogP contribution in [0.15, 0.2) is 30.6 Å². The van der Waals surface area contributed by atoms with E-state index < -0.39 is 0 Å². The van der Waals surface area contributed by atoms with Gasteiger partial charge in [-0.15, -0.1) is 0 Å². The molecule has 18 heavy (non-hydrogen) atoms. The zero-order valence-electron chi connectivity index (χ0n) is 11.1. The highest BCUT2D eigenvalue weighted by Gasteiger charge is 2.11. The molecule has 0 atom stereocenters. The van der Waals surface area contributed by atoms with Gasteiger partial charge in [0.25, 0.3) is 0 Å². The highest BCUT2D eigenvalue weighted by Crippen LogP contribution is 2.12. The van der Waals surface area contributed by atoms with Crippen molar-refractivity contribution in [2.75, 3.05) is 0 Å². The Balaban J connectivity index is 2.19. The number of ketones is 1. The molecule has 0 aliphatic heterocycles. The van der Waals surface area contributed by atoms with Gasteiger partial charge in [0.05, 0.1) is 6.42 Å². The lowest BCUT2D eigenvalue weighted by Crippen LogP contribution is -2.09. The van der Waals surface area contributed by atoms with Crippen molar-refractivity contribution < 1.29 is 4.79 Å². The Hall–Kier alpha value is -1.90. The predicted molar refractivity (Wildman–Crippen MR) is 71.9 cm³/mol. The van der Waals surface area contributed by atoms with Crippen molar-refractivity contribution in [3.8, 4) is 0 Å². The third-order valence-electron chi connectivity index (χ3n) is 3.29. The van der Waals surface area contributed by atoms with Crippen LogP contribution in [0.25, 0.3) is 0 Å². The molecular weight excluding hydrogens is 224 g/mol. The first kappa shape index (κ1) is 12.6. The number of imidazole rings is 1. The topological polar surface area (TPSA) is 34.9 Å². The van der Waals surface area contributed by atoms with E-state index in [0.29, 0.717) is 6.42 Å². The van der Waals surface area contributed by atoms with E-state index in [-0.39, 0.29) is 5.78 Å². The lowest BCUT2D eigenvalue weighted by Gasteiger charge is -2.06. The molecule has 2 rings (SSSR count). The first-order chi connectivity index (χ1) is 8.61. The van der Waals surface area contributed by atoms with Crippen LogP contribution in [-0.2, 0) is 13.0 Å². The molecule has 0 spiro atoms. The van der Waals surface area contributed by atoms with Gasteiger partial charge in [-0.3, -0.25) is 4.79 Å². The molecule has 1 heterocycles. The second-order valence-corrected chi connectivity index (χ2v) is 4.53. The molecule has 0 fully saturated rings. The Bertz CT molecular complexity index is 570. The molecule has 0 aliphatic rings. The van der Waals surface area contributed by atoms with Gasteiger partial charge in [-0.1, -0.05) is 12.1 Å². The third-order valence-corrected chi connectivity index (χ3v) is 3.29. The van der Waals surface area contributed by atoms with E-state index in [4.69, 9.17) is 0 Å². The first-order valence-electron chi connectivity index (χ1n) is 6.22. The van der Waals surface area contributed by atoms with E-state index in [9.17, 15) is 4.79 Å². The van der Waals surface area contributed by atoms with Gasteiger partial charge in [-0.05, 0) is 38.0 Å². The second-order valence-electron chi connectivity index (χ2n) is 4.53. The molecule has 0 bridgehead atoms. The van der Waals surface area contributed by atoms with Gasteiger partial charge in [0, 0.05) is 24.5 Å². The standard InChI is InChI=1S/C15H18N2O/c1-4-17-8-7-16-15(17)10-14(18)13-6-5-11(2)12(3)9-13/h5-9H,4,10H2,1-3H3. The van der Waals surface area contributed by atoms with E-state index >= 15 is 0 Å². The zero-order valence-corrected chi connectivity index (χ0v) is 11.1. The molecule has 1 aromatic carbocycles. The number of hydrogen-bond donors (Lipinski definition) is 0. The van der Waals surface area contributed by atoms with Crippen molar-refractivity contribution in [3.05, 3.63) is 53.1 Å². The summed E-state index contributed by atoms with van der Waals surface area (Å²) in [6, 6.07) is 5.84. The van der Waals surface area contributed by atoms with Crippen molar-refractivity contribution >= 4 is 5.78 Å². The van der Waals surface area contributed by atoms with E-state index in [1.807, 2.05) is 49.7 Å². The maximum atomic E-state index is 12.2. The summed E-state index contributed by atoms with van der Waals surface area (Å²) in [5.41, 5.74) is 3.13. The second kappa shape index (κ2) is 5.17. The van der Waals surface area contributed by atoms with Crippen LogP contribution in [-0.4, -0.2) is 15.3 Å². The molecule has 0 saturated heterocycles. The fourth-order valence-electron chi connectivity index (χ4n) is 1.96. The van der Waals surface area contributed by atoms with Gasteiger partial charge in [-0.2, -0.15) is 0 Å². The molecular formula is C15H18N2O. The first-order valence-corrected chi connectivity index (χ1v) is 6.22. The summed E-state index contributed by atoms with van der Waals surface area (Å²) >= 11 is 0. The summed E-state index contributed by atoms with van der Waals surface area (Å²) in [5, 5.41) is 0. The van der Waals surface area contributed by atoms with Gasteiger partial charge >= 0.3 is 0 Å². The van der Waals surface area contributed by atoms with Crippen LogP contribution < -0.4 is 0 Å². The summed E-state index contributed by atoms with van der Waals surface area (Å²) < 4.78 is 2.00. The Morgan fingerprint density at radius 2 is 2.06 bits per heavy atom. The number of aryl methyl sites for hydroxylation is 3. The van der Waals surface area contributed by atoms with Crippen LogP contribution in [0.5, 0.6) is 0 Å². The number of carbonyl (C=O) groups is 1. The number of carbonyl (C=O) groups excluding carboxylic acids is 1. The van der Waals surface area contributed by atoms with Gasteiger partial charge < -0.3 is 4.57 Å². The summed E-state index contributed by atoms with van der Waals surface area (Å²) in [6.45, 7) is 6.97. The van der Waals surface area contributed by atoms with Crippen molar-refractivity contribution in [2.45, 2.75) is 33.7 Å². The Labute approximate surface area is 107 Å². The molecule has 3 nitrogen and oxygen atoms in total. The molecule has 0 N–H and O–H groups in total. The average molecular weight is 242 g/mol. The number of Topliss-reactive ketones (excluding diaryl/α,β-unsaturated/α-hetero) is 1. The van der Waals surface area contributed by atoms with Gasteiger partial charge in [0.2, 0.25) is 0 Å². The zero-order chi connectivity index (χ0) is 13.1. The third kappa shape index (κ3) is 2.50. The van der Waals surface area contributed by atoms with Crippen LogP contribution in [0.1, 0.15) is 34.2 Å². The number of hydrogen-bond acceptors (Lipinski definition) is 2. The van der Waals surface area contributed by atoms with Gasteiger partial charge in [0.1, 0.15) is 5.82 Å². The average Bonchev–Trinajstić information content (AvgIpc) is 2.79. The van der Waals surface area contributed by atoms with Crippen molar-refractivity contribution in [2.24, 2.45) is 0 Å². The molecule has 94 valence electrons. The number of nitrogens with zero attached hydrogens (tertiary/aromatic N) is 2. The largest absolute Gasteiger partial charge is 0.335 e. The molecule has 0 amide bonds. The summed E-state index contributed by atoms with van der Waals surface area (Å²) in [6.07, 6.45) is 4.01. The maximum Gasteiger partial charge on any atom is 0.170 e. The van der Waals surface area contributed by atoms with E-state index in [0.717, 1.165) is 23.5 Å². The predicted octanol–water partition coefficient (Wildman–Crippen LogP) is 2.95. The van der Waals surface area contributed by atoms with Crippen LogP contribution >= 0.6 is 0 Å². The minimum Gasteiger partial charge on any atom is -0.335 e. The SMILES string of the molecule is CCn1ccnc1CC(=O)c1ccc(C)c(C)c1. The van der Waals surface area contributed by atoms with Crippen LogP contribution in [0.3, 0.4) is 0 Å². The summed E-state index contributed by atoms with van der Waals surface area (Å²) in [4.78, 5) is 16.4. The summed E-state index contributed by atoms with van der Waals surface area (Å²) in [7, 11) is 0. The van der Waals surface area contributed by atoms with Crippen LogP contribution in [0, 0.1) is 13.8 Å². The van der Waals surface area contributed by atoms with Crippen molar-refractivity contribution in [3.63, 3.8) is 0 Å². The quantitative estimate of drug-likeness (QED) is 0.773. The normalized spacial score (nSPS) is 10.6. The molecule has 0 saturated carbocycles. The van der Waals surface area contributed by atoms with Crippen LogP contribution in [0.4, 0.5) is 0 Å². The highest BCUT2D eigenvalue weighted by atomic mass is 16.1. The molecule has 0 aliphatic carbocycles. The van der Waals surface area contributed by atoms with E-state index in [1.165, 1.54) is 5.56 Å². The van der Waals surface area contributed by atoms with Crippen molar-refractivity contribution in [1.29, 1.82) is 0 Å². The van der Waals surface area contributed by atoms with Gasteiger partial charge in [0.15, 0.2) is 5.78 Å². The number of benzene rings is 1. The Morgan fingerprint density at radius 1 is 1.28 bits per heavy atom. The molecule has 1 aromatic heterocycles. The monoisotopic (exact) mass is 242 g/mol. The van der Waals surface area contributed by atoms with Gasteiger partial charge in [-0.25, -0.2) is 4.98 Å².